The van der Waals surface area contributed by atoms with Gasteiger partial charge in [-0.2, -0.15) is 13.2 Å². The average molecular weight is 585 g/mol. The number of fused-ring (bicyclic) bond motifs is 3. The van der Waals surface area contributed by atoms with E-state index in [2.05, 4.69) is 5.32 Å². The molecule has 2 fully saturated rings. The van der Waals surface area contributed by atoms with Gasteiger partial charge in [0.25, 0.3) is 0 Å². The Bertz CT molecular complexity index is 1490. The number of alkyl halides is 4. The van der Waals surface area contributed by atoms with Crippen LogP contribution in [0.3, 0.4) is 0 Å². The number of aryl methyl sites for hydroxylation is 1. The molecule has 4 atom stereocenters. The van der Waals surface area contributed by atoms with Crippen molar-refractivity contribution in [3.63, 3.8) is 0 Å². The first kappa shape index (κ1) is 28.2. The van der Waals surface area contributed by atoms with Crippen molar-refractivity contribution in [1.82, 2.24) is 10.2 Å². The second kappa shape index (κ2) is 9.35. The van der Waals surface area contributed by atoms with Crippen molar-refractivity contribution in [2.24, 2.45) is 11.8 Å². The molecule has 1 N–H and O–H groups in total. The minimum Gasteiger partial charge on any atom is -0.324 e. The summed E-state index contributed by atoms with van der Waals surface area (Å²) in [5.41, 5.74) is -3.97. The normalized spacial score (nSPS) is 26.5. The van der Waals surface area contributed by atoms with Crippen molar-refractivity contribution in [3.05, 3.63) is 65.0 Å². The SMILES string of the molecule is CC(F)(c1ccc2c(c1)CC[C@H]1[C@H](C(=O)N3CC(=O)NC(=O)C3)CC[C@@]21S(=O)(=O)c1ccc(F)cc1)C(F)(F)F. The van der Waals surface area contributed by atoms with Crippen LogP contribution in [0.2, 0.25) is 0 Å². The van der Waals surface area contributed by atoms with Crippen LogP contribution in [-0.2, 0) is 41.1 Å². The summed E-state index contributed by atoms with van der Waals surface area (Å²) < 4.78 is 95.8. The van der Waals surface area contributed by atoms with Gasteiger partial charge in [0.15, 0.2) is 9.84 Å². The molecule has 1 aliphatic heterocycles. The maximum absolute atomic E-state index is 14.8. The number of imide groups is 1. The molecule has 0 radical (unpaired) electrons. The van der Waals surface area contributed by atoms with Gasteiger partial charge in [-0.05, 0) is 79.5 Å². The summed E-state index contributed by atoms with van der Waals surface area (Å²) in [6.07, 6.45) is -5.11. The predicted octanol–water partition coefficient (Wildman–Crippen LogP) is 3.70. The quantitative estimate of drug-likeness (QED) is 0.336. The zero-order chi connectivity index (χ0) is 29.3. The summed E-state index contributed by atoms with van der Waals surface area (Å²) in [6.45, 7) is -0.359. The standard InChI is InChI=1S/C27H25F5N2O5S/c1-25(29,27(30,31)32)16-3-9-20-15(12-16)2-8-21-19(24(37)34-13-22(35)33-23(36)14-34)10-11-26(20,21)40(38,39)18-6-4-17(28)5-7-18/h3-7,9,12,19,21H,2,8,10-11,13-14H2,1H3,(H,33,35,36)/t19-,21+,25?,26-/m1/s1. The van der Waals surface area contributed by atoms with Crippen molar-refractivity contribution in [2.45, 2.75) is 54.1 Å². The lowest BCUT2D eigenvalue weighted by Gasteiger charge is -2.43. The maximum Gasteiger partial charge on any atom is 0.426 e. The molecule has 7 nitrogen and oxygen atoms in total. The van der Waals surface area contributed by atoms with E-state index >= 15 is 0 Å². The molecule has 40 heavy (non-hydrogen) atoms. The van der Waals surface area contributed by atoms with Gasteiger partial charge >= 0.3 is 6.18 Å². The van der Waals surface area contributed by atoms with Gasteiger partial charge in [0, 0.05) is 5.92 Å². The van der Waals surface area contributed by atoms with Crippen molar-refractivity contribution >= 4 is 27.6 Å². The molecule has 0 spiro atoms. The van der Waals surface area contributed by atoms with E-state index in [9.17, 15) is 44.8 Å². The number of nitrogens with one attached hydrogen (secondary N) is 1. The van der Waals surface area contributed by atoms with Crippen LogP contribution in [0.5, 0.6) is 0 Å². The summed E-state index contributed by atoms with van der Waals surface area (Å²) >= 11 is 0. The van der Waals surface area contributed by atoms with E-state index < -0.39 is 67.4 Å². The Labute approximate surface area is 226 Å². The molecule has 2 aromatic carbocycles. The van der Waals surface area contributed by atoms with E-state index in [-0.39, 0.29) is 54.8 Å². The van der Waals surface area contributed by atoms with Crippen molar-refractivity contribution < 1.29 is 44.8 Å². The van der Waals surface area contributed by atoms with Crippen molar-refractivity contribution in [3.8, 4) is 0 Å². The second-order valence-electron chi connectivity index (χ2n) is 10.7. The highest BCUT2D eigenvalue weighted by Gasteiger charge is 2.62. The molecule has 0 aromatic heterocycles. The van der Waals surface area contributed by atoms with Crippen molar-refractivity contribution in [1.29, 1.82) is 0 Å². The highest BCUT2D eigenvalue weighted by Crippen LogP contribution is 2.60. The number of benzene rings is 2. The van der Waals surface area contributed by atoms with E-state index in [1.807, 2.05) is 0 Å². The van der Waals surface area contributed by atoms with Gasteiger partial charge < -0.3 is 4.90 Å². The molecule has 3 amide bonds. The monoisotopic (exact) mass is 584 g/mol. The number of rotatable bonds is 4. The topological polar surface area (TPSA) is 101 Å². The number of hydrogen-bond donors (Lipinski definition) is 1. The highest BCUT2D eigenvalue weighted by molar-refractivity contribution is 7.92. The summed E-state index contributed by atoms with van der Waals surface area (Å²) in [6, 6.07) is 7.25. The Hall–Kier alpha value is -3.35. The Morgan fingerprint density at radius 2 is 1.62 bits per heavy atom. The number of sulfone groups is 1. The first-order valence-corrected chi connectivity index (χ1v) is 14.1. The van der Waals surface area contributed by atoms with Crippen LogP contribution < -0.4 is 5.32 Å². The zero-order valence-electron chi connectivity index (χ0n) is 21.2. The number of carbonyl (C=O) groups excluding carboxylic acids is 3. The predicted molar refractivity (Wildman–Crippen MR) is 130 cm³/mol. The number of nitrogens with zero attached hydrogens (tertiary/aromatic N) is 1. The molecule has 214 valence electrons. The molecular formula is C27H25F5N2O5S. The highest BCUT2D eigenvalue weighted by atomic mass is 32.2. The van der Waals surface area contributed by atoms with Crippen LogP contribution in [0.4, 0.5) is 22.0 Å². The Morgan fingerprint density at radius 3 is 2.23 bits per heavy atom. The Morgan fingerprint density at radius 1 is 1.00 bits per heavy atom. The van der Waals surface area contributed by atoms with Gasteiger partial charge in [0.2, 0.25) is 23.4 Å². The fourth-order valence-corrected chi connectivity index (χ4v) is 8.93. The average Bonchev–Trinajstić information content (AvgIpc) is 3.28. The first-order valence-electron chi connectivity index (χ1n) is 12.6. The van der Waals surface area contributed by atoms with Crippen LogP contribution in [0, 0.1) is 17.7 Å². The summed E-state index contributed by atoms with van der Waals surface area (Å²) in [4.78, 5) is 38.2. The molecule has 13 heteroatoms. The van der Waals surface area contributed by atoms with Gasteiger partial charge in [-0.15, -0.1) is 0 Å². The Kier molecular flexibility index (Phi) is 6.59. The second-order valence-corrected chi connectivity index (χ2v) is 12.9. The molecule has 1 unspecified atom stereocenters. The van der Waals surface area contributed by atoms with Gasteiger partial charge in [0.1, 0.15) is 23.7 Å². The summed E-state index contributed by atoms with van der Waals surface area (Å²) in [5.74, 6) is -4.38. The lowest BCUT2D eigenvalue weighted by atomic mass is 9.72. The molecule has 2 aliphatic carbocycles. The summed E-state index contributed by atoms with van der Waals surface area (Å²) in [5, 5.41) is 2.10. The van der Waals surface area contributed by atoms with Gasteiger partial charge in [-0.3, -0.25) is 19.7 Å². The molecule has 1 saturated heterocycles. The molecular weight excluding hydrogens is 559 g/mol. The van der Waals surface area contributed by atoms with Crippen LogP contribution in [0.15, 0.2) is 47.4 Å². The van der Waals surface area contributed by atoms with Gasteiger partial charge in [-0.25, -0.2) is 17.2 Å². The fourth-order valence-electron chi connectivity index (χ4n) is 6.46. The van der Waals surface area contributed by atoms with Crippen LogP contribution in [-0.4, -0.2) is 50.3 Å². The van der Waals surface area contributed by atoms with Crippen LogP contribution >= 0.6 is 0 Å². The third kappa shape index (κ3) is 4.20. The molecule has 0 bridgehead atoms. The van der Waals surface area contributed by atoms with Gasteiger partial charge in [0.05, 0.1) is 4.90 Å². The zero-order valence-corrected chi connectivity index (χ0v) is 22.0. The minimum absolute atomic E-state index is 0.0564. The van der Waals surface area contributed by atoms with Gasteiger partial charge in [-0.1, -0.05) is 18.2 Å². The number of halogens is 5. The van der Waals surface area contributed by atoms with E-state index in [1.54, 1.807) is 0 Å². The van der Waals surface area contributed by atoms with E-state index in [0.717, 1.165) is 41.3 Å². The summed E-state index contributed by atoms with van der Waals surface area (Å²) in [7, 11) is -4.39. The largest absolute Gasteiger partial charge is 0.426 e. The minimum atomic E-state index is -5.21. The number of piperazine rings is 1. The third-order valence-electron chi connectivity index (χ3n) is 8.45. The number of amides is 3. The van der Waals surface area contributed by atoms with Crippen LogP contribution in [0.25, 0.3) is 0 Å². The number of carbonyl (C=O) groups is 3. The third-order valence-corrected chi connectivity index (χ3v) is 11.0. The smallest absolute Gasteiger partial charge is 0.324 e. The van der Waals surface area contributed by atoms with E-state index in [4.69, 9.17) is 0 Å². The van der Waals surface area contributed by atoms with Crippen LogP contribution in [0.1, 0.15) is 42.9 Å². The lowest BCUT2D eigenvalue weighted by molar-refractivity contribution is -0.228. The molecule has 5 rings (SSSR count). The first-order chi connectivity index (χ1) is 18.6. The van der Waals surface area contributed by atoms with E-state index in [1.165, 1.54) is 6.07 Å². The molecule has 1 saturated carbocycles. The molecule has 2 aromatic rings. The number of hydrogen-bond acceptors (Lipinski definition) is 5. The maximum atomic E-state index is 14.8. The fraction of sp³-hybridized carbons (Fsp3) is 0.444. The Balaban J connectivity index is 1.64. The molecule has 3 aliphatic rings. The molecule has 1 heterocycles. The van der Waals surface area contributed by atoms with Crippen molar-refractivity contribution in [2.75, 3.05) is 13.1 Å². The lowest BCUT2D eigenvalue weighted by Crippen LogP contribution is -2.55. The van der Waals surface area contributed by atoms with E-state index in [0.29, 0.717) is 6.92 Å².